The fraction of sp³-hybridized carbons (Fsp3) is 0.391. The molecular formula is C23H28N2O2. The van der Waals surface area contributed by atoms with E-state index in [9.17, 15) is 4.79 Å². The smallest absolute Gasteiger partial charge is 0.182 e. The Morgan fingerprint density at radius 3 is 2.56 bits per heavy atom. The Bertz CT molecular complexity index is 825. The van der Waals surface area contributed by atoms with Crippen molar-refractivity contribution in [2.45, 2.75) is 40.0 Å². The lowest BCUT2D eigenvalue weighted by atomic mass is 10.0. The van der Waals surface area contributed by atoms with Gasteiger partial charge in [0.05, 0.1) is 13.2 Å². The summed E-state index contributed by atoms with van der Waals surface area (Å²) in [5, 5.41) is 0. The number of benzene rings is 2. The Hall–Kier alpha value is -2.62. The van der Waals surface area contributed by atoms with Gasteiger partial charge in [-0.2, -0.15) is 0 Å². The fourth-order valence-corrected chi connectivity index (χ4v) is 3.38. The summed E-state index contributed by atoms with van der Waals surface area (Å²) in [5.41, 5.74) is 4.20. The number of hydrogen-bond donors (Lipinski definition) is 0. The van der Waals surface area contributed by atoms with Crippen molar-refractivity contribution in [3.05, 3.63) is 59.2 Å². The Morgan fingerprint density at radius 2 is 1.89 bits per heavy atom. The predicted octanol–water partition coefficient (Wildman–Crippen LogP) is 4.97. The maximum Gasteiger partial charge on any atom is 0.182 e. The third-order valence-electron chi connectivity index (χ3n) is 5.07. The van der Waals surface area contributed by atoms with Crippen LogP contribution in [-0.4, -0.2) is 31.3 Å². The molecule has 0 saturated heterocycles. The van der Waals surface area contributed by atoms with Crippen LogP contribution in [0.2, 0.25) is 0 Å². The summed E-state index contributed by atoms with van der Waals surface area (Å²) in [7, 11) is 0. The number of hydrogen-bond acceptors (Lipinski definition) is 4. The average molecular weight is 364 g/mol. The second-order valence-electron chi connectivity index (χ2n) is 6.94. The molecule has 0 atom stereocenters. The molecule has 0 saturated carbocycles. The summed E-state index contributed by atoms with van der Waals surface area (Å²) in [6.07, 6.45) is 3.17. The van der Waals surface area contributed by atoms with Crippen LogP contribution in [-0.2, 0) is 0 Å². The number of Topliss-reactive ketones (excluding diaryl/α,β-unsaturated/α-hetero) is 1. The molecule has 0 N–H and O–H groups in total. The Morgan fingerprint density at radius 1 is 1.11 bits per heavy atom. The normalized spacial score (nSPS) is 13.8. The van der Waals surface area contributed by atoms with E-state index in [-0.39, 0.29) is 5.78 Å². The van der Waals surface area contributed by atoms with Crippen molar-refractivity contribution in [1.82, 2.24) is 0 Å². The van der Waals surface area contributed by atoms with Gasteiger partial charge in [0.1, 0.15) is 11.6 Å². The van der Waals surface area contributed by atoms with Crippen LogP contribution in [0.1, 0.15) is 47.7 Å². The van der Waals surface area contributed by atoms with Crippen LogP contribution in [0.4, 0.5) is 5.69 Å². The van der Waals surface area contributed by atoms with Crippen molar-refractivity contribution >= 4 is 17.3 Å². The molecule has 0 bridgehead atoms. The molecule has 0 unspecified atom stereocenters. The zero-order chi connectivity index (χ0) is 19.2. The number of carbonyl (C=O) groups is 1. The summed E-state index contributed by atoms with van der Waals surface area (Å²) >= 11 is 0. The van der Waals surface area contributed by atoms with Crippen molar-refractivity contribution in [1.29, 1.82) is 0 Å². The maximum absolute atomic E-state index is 13.0. The van der Waals surface area contributed by atoms with Crippen LogP contribution in [0.15, 0.2) is 47.5 Å². The van der Waals surface area contributed by atoms with E-state index in [0.29, 0.717) is 18.7 Å². The molecule has 0 spiro atoms. The topological polar surface area (TPSA) is 41.9 Å². The van der Waals surface area contributed by atoms with E-state index in [1.54, 1.807) is 0 Å². The minimum atomic E-state index is 0.0900. The van der Waals surface area contributed by atoms with Gasteiger partial charge in [-0.3, -0.25) is 9.79 Å². The highest BCUT2D eigenvalue weighted by atomic mass is 16.5. The number of aliphatic imine (C=N–C) groups is 1. The molecule has 0 fully saturated rings. The number of ketones is 1. The highest BCUT2D eigenvalue weighted by Crippen LogP contribution is 2.26. The molecule has 0 amide bonds. The van der Waals surface area contributed by atoms with Crippen LogP contribution >= 0.6 is 0 Å². The Labute approximate surface area is 161 Å². The Balaban J connectivity index is 1.88. The molecule has 2 aromatic carbocycles. The first kappa shape index (κ1) is 19.2. The van der Waals surface area contributed by atoms with Gasteiger partial charge in [0.25, 0.3) is 0 Å². The van der Waals surface area contributed by atoms with Crippen LogP contribution in [0.3, 0.4) is 0 Å². The third-order valence-corrected chi connectivity index (χ3v) is 5.07. The number of rotatable bonds is 6. The van der Waals surface area contributed by atoms with Gasteiger partial charge in [-0.25, -0.2) is 0 Å². The number of aryl methyl sites for hydroxylation is 1. The first-order valence-electron chi connectivity index (χ1n) is 9.73. The SMILES string of the molecule is CCOc1ccc(C(=O)CN(C2=NCCCC2)c2cccc(C)c2C)cc1. The maximum atomic E-state index is 13.0. The van der Waals surface area contributed by atoms with Crippen LogP contribution in [0.5, 0.6) is 5.75 Å². The highest BCUT2D eigenvalue weighted by Gasteiger charge is 2.21. The first-order valence-corrected chi connectivity index (χ1v) is 9.73. The van der Waals surface area contributed by atoms with Crippen LogP contribution in [0, 0.1) is 13.8 Å². The highest BCUT2D eigenvalue weighted by molar-refractivity contribution is 6.07. The second kappa shape index (κ2) is 8.85. The van der Waals surface area contributed by atoms with E-state index in [0.717, 1.165) is 43.1 Å². The van der Waals surface area contributed by atoms with Gasteiger partial charge in [-0.15, -0.1) is 0 Å². The number of nitrogens with zero attached hydrogens (tertiary/aromatic N) is 2. The lowest BCUT2D eigenvalue weighted by Crippen LogP contribution is -2.37. The average Bonchev–Trinajstić information content (AvgIpc) is 2.70. The van der Waals surface area contributed by atoms with Crippen molar-refractivity contribution < 1.29 is 9.53 Å². The summed E-state index contributed by atoms with van der Waals surface area (Å²) in [6.45, 7) is 7.93. The van der Waals surface area contributed by atoms with E-state index in [2.05, 4.69) is 36.9 Å². The quantitative estimate of drug-likeness (QED) is 0.679. The molecule has 4 nitrogen and oxygen atoms in total. The van der Waals surface area contributed by atoms with Gasteiger partial charge in [-0.05, 0) is 75.1 Å². The molecule has 0 aromatic heterocycles. The molecular weight excluding hydrogens is 336 g/mol. The van der Waals surface area contributed by atoms with E-state index >= 15 is 0 Å². The first-order chi connectivity index (χ1) is 13.1. The number of carbonyl (C=O) groups excluding carboxylic acids is 1. The zero-order valence-electron chi connectivity index (χ0n) is 16.5. The molecule has 3 rings (SSSR count). The van der Waals surface area contributed by atoms with Crippen molar-refractivity contribution in [3.8, 4) is 5.75 Å². The van der Waals surface area contributed by atoms with E-state index < -0.39 is 0 Å². The van der Waals surface area contributed by atoms with Gasteiger partial charge in [0.15, 0.2) is 5.78 Å². The lowest BCUT2D eigenvalue weighted by Gasteiger charge is -2.29. The molecule has 1 aliphatic heterocycles. The molecule has 1 aliphatic rings. The number of anilines is 1. The largest absolute Gasteiger partial charge is 0.494 e. The minimum Gasteiger partial charge on any atom is -0.494 e. The molecule has 4 heteroatoms. The van der Waals surface area contributed by atoms with E-state index in [4.69, 9.17) is 9.73 Å². The fourth-order valence-electron chi connectivity index (χ4n) is 3.38. The number of ether oxygens (including phenoxy) is 1. The molecule has 27 heavy (non-hydrogen) atoms. The summed E-state index contributed by atoms with van der Waals surface area (Å²) in [6, 6.07) is 13.6. The van der Waals surface area contributed by atoms with Gasteiger partial charge in [0, 0.05) is 24.2 Å². The zero-order valence-corrected chi connectivity index (χ0v) is 16.5. The van der Waals surface area contributed by atoms with Crippen LogP contribution < -0.4 is 9.64 Å². The second-order valence-corrected chi connectivity index (χ2v) is 6.94. The van der Waals surface area contributed by atoms with Gasteiger partial charge in [-0.1, -0.05) is 12.1 Å². The van der Waals surface area contributed by atoms with Crippen molar-refractivity contribution in [3.63, 3.8) is 0 Å². The summed E-state index contributed by atoms with van der Waals surface area (Å²) in [5.74, 6) is 1.90. The van der Waals surface area contributed by atoms with Crippen molar-refractivity contribution in [2.24, 2.45) is 4.99 Å². The minimum absolute atomic E-state index is 0.0900. The molecule has 142 valence electrons. The van der Waals surface area contributed by atoms with Crippen molar-refractivity contribution in [2.75, 3.05) is 24.6 Å². The predicted molar refractivity (Wildman–Crippen MR) is 111 cm³/mol. The summed E-state index contributed by atoms with van der Waals surface area (Å²) < 4.78 is 5.47. The molecule has 1 heterocycles. The third kappa shape index (κ3) is 4.57. The van der Waals surface area contributed by atoms with Gasteiger partial charge >= 0.3 is 0 Å². The molecule has 0 radical (unpaired) electrons. The molecule has 0 aliphatic carbocycles. The standard InChI is InChI=1S/C23H28N2O2/c1-4-27-20-13-11-19(12-14-20)22(26)16-25(23-10-5-6-15-24-23)21-9-7-8-17(2)18(21)3/h7-9,11-14H,4-6,10,15-16H2,1-3H3. The number of amidine groups is 1. The molecule has 2 aromatic rings. The van der Waals surface area contributed by atoms with Crippen LogP contribution in [0.25, 0.3) is 0 Å². The van der Waals surface area contributed by atoms with E-state index in [1.807, 2.05) is 31.2 Å². The van der Waals surface area contributed by atoms with E-state index in [1.165, 1.54) is 11.1 Å². The Kier molecular flexibility index (Phi) is 6.28. The monoisotopic (exact) mass is 364 g/mol. The summed E-state index contributed by atoms with van der Waals surface area (Å²) in [4.78, 5) is 19.8. The van der Waals surface area contributed by atoms with Gasteiger partial charge in [0.2, 0.25) is 0 Å². The van der Waals surface area contributed by atoms with Gasteiger partial charge < -0.3 is 9.64 Å². The lowest BCUT2D eigenvalue weighted by molar-refractivity contribution is 0.100.